The highest BCUT2D eigenvalue weighted by molar-refractivity contribution is 6.32. The average molecular weight is 331 g/mol. The Kier molecular flexibility index (Phi) is 5.10. The van der Waals surface area contributed by atoms with E-state index in [0.29, 0.717) is 10.9 Å². The molecule has 0 spiro atoms. The Balaban J connectivity index is 2.56. The fourth-order valence-corrected chi connectivity index (χ4v) is 3.66. The fraction of sp³-hybridized carbons (Fsp3) is 0.429. The minimum absolute atomic E-state index is 0.108. The second kappa shape index (κ2) is 6.57. The van der Waals surface area contributed by atoms with E-state index in [2.05, 4.69) is 59.7 Å². The van der Waals surface area contributed by atoms with Crippen molar-refractivity contribution in [3.63, 3.8) is 0 Å². The quantitative estimate of drug-likeness (QED) is 0.629. The maximum atomic E-state index is 6.17. The van der Waals surface area contributed by atoms with Crippen LogP contribution in [0.2, 0.25) is 5.02 Å². The summed E-state index contributed by atoms with van der Waals surface area (Å²) < 4.78 is 5.38. The van der Waals surface area contributed by atoms with Crippen LogP contribution in [0.3, 0.4) is 0 Å². The molecule has 0 saturated carbocycles. The van der Waals surface area contributed by atoms with Gasteiger partial charge in [0.25, 0.3) is 0 Å². The van der Waals surface area contributed by atoms with Crippen molar-refractivity contribution in [2.75, 3.05) is 7.11 Å². The number of benzene rings is 2. The van der Waals surface area contributed by atoms with Gasteiger partial charge in [0.1, 0.15) is 5.75 Å². The molecule has 0 unspecified atom stereocenters. The van der Waals surface area contributed by atoms with Crippen LogP contribution in [0.5, 0.6) is 5.75 Å². The Hall–Kier alpha value is -1.47. The zero-order chi connectivity index (χ0) is 17.4. The van der Waals surface area contributed by atoms with E-state index < -0.39 is 0 Å². The van der Waals surface area contributed by atoms with Crippen LogP contribution in [0.25, 0.3) is 0 Å². The molecule has 0 saturated heterocycles. The number of aryl methyl sites for hydroxylation is 2. The zero-order valence-corrected chi connectivity index (χ0v) is 16.0. The van der Waals surface area contributed by atoms with Crippen molar-refractivity contribution in [1.82, 2.24) is 0 Å². The predicted octanol–water partition coefficient (Wildman–Crippen LogP) is 6.41. The van der Waals surface area contributed by atoms with Gasteiger partial charge in [-0.05, 0) is 59.7 Å². The number of ether oxygens (including phenoxy) is 1. The Morgan fingerprint density at radius 2 is 1.52 bits per heavy atom. The molecule has 0 aliphatic rings. The van der Waals surface area contributed by atoms with Crippen molar-refractivity contribution in [3.8, 4) is 5.75 Å². The maximum absolute atomic E-state index is 6.17. The molecular weight excluding hydrogens is 304 g/mol. The predicted molar refractivity (Wildman–Crippen MR) is 100 cm³/mol. The van der Waals surface area contributed by atoms with Gasteiger partial charge in [0.05, 0.1) is 12.1 Å². The van der Waals surface area contributed by atoms with E-state index in [4.69, 9.17) is 16.3 Å². The summed E-state index contributed by atoms with van der Waals surface area (Å²) >= 11 is 6.17. The highest BCUT2D eigenvalue weighted by Gasteiger charge is 2.25. The highest BCUT2D eigenvalue weighted by Crippen LogP contribution is 2.38. The summed E-state index contributed by atoms with van der Waals surface area (Å²) in [7, 11) is 1.66. The van der Waals surface area contributed by atoms with E-state index in [1.165, 1.54) is 27.8 Å². The van der Waals surface area contributed by atoms with Gasteiger partial charge in [0.15, 0.2) is 0 Å². The molecule has 0 fully saturated rings. The molecule has 2 rings (SSSR count). The first kappa shape index (κ1) is 17.9. The summed E-state index contributed by atoms with van der Waals surface area (Å²) in [6, 6.07) is 10.7. The van der Waals surface area contributed by atoms with Gasteiger partial charge in [-0.1, -0.05) is 57.5 Å². The van der Waals surface area contributed by atoms with E-state index in [-0.39, 0.29) is 5.41 Å². The molecule has 0 N–H and O–H groups in total. The van der Waals surface area contributed by atoms with Crippen LogP contribution in [-0.2, 0) is 5.41 Å². The lowest BCUT2D eigenvalue weighted by molar-refractivity contribution is 0.413. The SMILES string of the molecule is COc1cc(C(C)(C)c2cc(C)c(C(C)C)c(C)c2)ccc1Cl. The lowest BCUT2D eigenvalue weighted by atomic mass is 9.76. The lowest BCUT2D eigenvalue weighted by Gasteiger charge is -2.29. The van der Waals surface area contributed by atoms with Gasteiger partial charge in [-0.15, -0.1) is 0 Å². The first-order valence-corrected chi connectivity index (χ1v) is 8.52. The first-order valence-electron chi connectivity index (χ1n) is 8.14. The van der Waals surface area contributed by atoms with E-state index in [9.17, 15) is 0 Å². The van der Waals surface area contributed by atoms with Crippen LogP contribution in [0.15, 0.2) is 30.3 Å². The molecule has 2 heteroatoms. The number of hydrogen-bond donors (Lipinski definition) is 0. The number of halogens is 1. The summed E-state index contributed by atoms with van der Waals surface area (Å²) in [5.74, 6) is 1.27. The third kappa shape index (κ3) is 3.40. The molecule has 0 radical (unpaired) electrons. The second-order valence-electron chi connectivity index (χ2n) is 7.15. The van der Waals surface area contributed by atoms with Crippen molar-refractivity contribution in [2.24, 2.45) is 0 Å². The van der Waals surface area contributed by atoms with Crippen LogP contribution in [0.1, 0.15) is 61.4 Å². The summed E-state index contributed by atoms with van der Waals surface area (Å²) in [5.41, 5.74) is 6.60. The van der Waals surface area contributed by atoms with E-state index in [1.807, 2.05) is 12.1 Å². The van der Waals surface area contributed by atoms with Gasteiger partial charge in [0.2, 0.25) is 0 Å². The number of hydrogen-bond acceptors (Lipinski definition) is 1. The smallest absolute Gasteiger partial charge is 0.137 e. The summed E-state index contributed by atoms with van der Waals surface area (Å²) in [6.07, 6.45) is 0. The normalized spacial score (nSPS) is 11.9. The van der Waals surface area contributed by atoms with Gasteiger partial charge in [-0.25, -0.2) is 0 Å². The molecular formula is C21H27ClO. The van der Waals surface area contributed by atoms with Gasteiger partial charge in [-0.2, -0.15) is 0 Å². The van der Waals surface area contributed by atoms with Crippen LogP contribution in [-0.4, -0.2) is 7.11 Å². The Morgan fingerprint density at radius 1 is 0.957 bits per heavy atom. The van der Waals surface area contributed by atoms with Crippen molar-refractivity contribution in [1.29, 1.82) is 0 Å². The average Bonchev–Trinajstić information content (AvgIpc) is 2.46. The molecule has 0 heterocycles. The summed E-state index contributed by atoms with van der Waals surface area (Å²) in [6.45, 7) is 13.4. The summed E-state index contributed by atoms with van der Waals surface area (Å²) in [4.78, 5) is 0. The molecule has 0 amide bonds. The molecule has 1 nitrogen and oxygen atoms in total. The molecule has 23 heavy (non-hydrogen) atoms. The third-order valence-corrected chi connectivity index (χ3v) is 5.08. The molecule has 124 valence electrons. The van der Waals surface area contributed by atoms with Gasteiger partial charge >= 0.3 is 0 Å². The number of methoxy groups -OCH3 is 1. The molecule has 0 aliphatic heterocycles. The third-order valence-electron chi connectivity index (χ3n) is 4.77. The Morgan fingerprint density at radius 3 is 2.00 bits per heavy atom. The molecule has 2 aromatic carbocycles. The topological polar surface area (TPSA) is 9.23 Å². The van der Waals surface area contributed by atoms with Crippen LogP contribution >= 0.6 is 11.6 Å². The van der Waals surface area contributed by atoms with E-state index >= 15 is 0 Å². The molecule has 0 atom stereocenters. The molecule has 0 aromatic heterocycles. The Labute approximate surface area is 145 Å². The largest absolute Gasteiger partial charge is 0.495 e. The standard InChI is InChI=1S/C21H27ClO/c1-13(2)20-14(3)10-17(11-15(20)4)21(5,6)16-8-9-18(22)19(12-16)23-7/h8-13H,1-7H3. The first-order chi connectivity index (χ1) is 10.7. The monoisotopic (exact) mass is 330 g/mol. The van der Waals surface area contributed by atoms with E-state index in [1.54, 1.807) is 7.11 Å². The van der Waals surface area contributed by atoms with Crippen molar-refractivity contribution < 1.29 is 4.74 Å². The van der Waals surface area contributed by atoms with Crippen molar-refractivity contribution >= 4 is 11.6 Å². The molecule has 0 bridgehead atoms. The summed E-state index contributed by atoms with van der Waals surface area (Å²) in [5, 5.41) is 0.648. The fourth-order valence-electron chi connectivity index (χ4n) is 3.46. The molecule has 0 aliphatic carbocycles. The Bertz CT molecular complexity index is 691. The van der Waals surface area contributed by atoms with Crippen molar-refractivity contribution in [3.05, 3.63) is 63.2 Å². The maximum Gasteiger partial charge on any atom is 0.137 e. The zero-order valence-electron chi connectivity index (χ0n) is 15.3. The minimum atomic E-state index is -0.108. The minimum Gasteiger partial charge on any atom is -0.495 e. The van der Waals surface area contributed by atoms with Crippen LogP contribution < -0.4 is 4.74 Å². The highest BCUT2D eigenvalue weighted by atomic mass is 35.5. The van der Waals surface area contributed by atoms with E-state index in [0.717, 1.165) is 5.75 Å². The van der Waals surface area contributed by atoms with Gasteiger partial charge < -0.3 is 4.74 Å². The van der Waals surface area contributed by atoms with Crippen LogP contribution in [0.4, 0.5) is 0 Å². The number of rotatable bonds is 4. The lowest BCUT2D eigenvalue weighted by Crippen LogP contribution is -2.20. The second-order valence-corrected chi connectivity index (χ2v) is 7.56. The van der Waals surface area contributed by atoms with Gasteiger partial charge in [-0.3, -0.25) is 0 Å². The van der Waals surface area contributed by atoms with Crippen molar-refractivity contribution in [2.45, 2.75) is 52.9 Å². The van der Waals surface area contributed by atoms with Crippen LogP contribution in [0, 0.1) is 13.8 Å². The van der Waals surface area contributed by atoms with Gasteiger partial charge in [0, 0.05) is 5.41 Å². The molecule has 2 aromatic rings.